The Morgan fingerprint density at radius 3 is 2.72 bits per heavy atom. The van der Waals surface area contributed by atoms with E-state index in [4.69, 9.17) is 11.6 Å². The van der Waals surface area contributed by atoms with E-state index in [1.807, 2.05) is 32.2 Å². The minimum Gasteiger partial charge on any atom is -0.312 e. The number of nitrogens with zero attached hydrogens (tertiary/aromatic N) is 1. The van der Waals surface area contributed by atoms with Crippen LogP contribution in [0.1, 0.15) is 27.2 Å². The van der Waals surface area contributed by atoms with Crippen LogP contribution in [0.3, 0.4) is 0 Å². The molecule has 0 radical (unpaired) electrons. The number of hydrogen-bond donors (Lipinski definition) is 1. The third kappa shape index (κ3) is 3.10. The normalized spacial score (nSPS) is 12.7. The van der Waals surface area contributed by atoms with Crippen molar-refractivity contribution in [3.8, 4) is 0 Å². The molecule has 0 aliphatic rings. The zero-order valence-electron chi connectivity index (χ0n) is 10.8. The predicted octanol–water partition coefficient (Wildman–Crippen LogP) is 3.92. The van der Waals surface area contributed by atoms with Crippen LogP contribution in [0, 0.1) is 13.8 Å². The fraction of sp³-hybridized carbons (Fsp3) is 0.357. The van der Waals surface area contributed by atoms with E-state index in [0.717, 1.165) is 22.1 Å². The molecule has 0 bridgehead atoms. The first kappa shape index (κ1) is 13.5. The van der Waals surface area contributed by atoms with Gasteiger partial charge in [-0.15, -0.1) is 11.3 Å². The zero-order valence-corrected chi connectivity index (χ0v) is 12.4. The number of aryl methyl sites for hydroxylation is 2. The first-order valence-corrected chi connectivity index (χ1v) is 7.15. The number of likely N-dealkylation sites (N-methyl/N-ethyl adjacent to an activating group) is 1. The topological polar surface area (TPSA) is 24.9 Å². The van der Waals surface area contributed by atoms with Crippen LogP contribution in [0.2, 0.25) is 5.02 Å². The standard InChI is InChI=1S/C14H17ClN2S/c1-9-14(18-10(2)17-9)13(16-3)8-11-5-4-6-12(15)7-11/h4-7,13,16H,8H2,1-3H3. The molecule has 1 atom stereocenters. The Morgan fingerprint density at radius 1 is 1.39 bits per heavy atom. The van der Waals surface area contributed by atoms with Gasteiger partial charge in [0.05, 0.1) is 10.7 Å². The Hall–Kier alpha value is -0.900. The maximum atomic E-state index is 6.02. The van der Waals surface area contributed by atoms with Gasteiger partial charge in [0, 0.05) is 15.9 Å². The minimum atomic E-state index is 0.301. The third-order valence-corrected chi connectivity index (χ3v) is 4.35. The smallest absolute Gasteiger partial charge is 0.0900 e. The molecule has 0 aliphatic carbocycles. The summed E-state index contributed by atoms with van der Waals surface area (Å²) >= 11 is 7.79. The molecule has 1 aromatic heterocycles. The molecule has 0 fully saturated rings. The van der Waals surface area contributed by atoms with Crippen LogP contribution in [-0.2, 0) is 6.42 Å². The van der Waals surface area contributed by atoms with Gasteiger partial charge in [0.15, 0.2) is 0 Å². The fourth-order valence-electron chi connectivity index (χ4n) is 2.10. The van der Waals surface area contributed by atoms with Crippen LogP contribution in [0.15, 0.2) is 24.3 Å². The van der Waals surface area contributed by atoms with Crippen molar-refractivity contribution in [1.29, 1.82) is 0 Å². The first-order valence-electron chi connectivity index (χ1n) is 5.95. The largest absolute Gasteiger partial charge is 0.312 e. The molecule has 2 aromatic rings. The third-order valence-electron chi connectivity index (χ3n) is 2.93. The molecule has 0 aliphatic heterocycles. The molecule has 0 spiro atoms. The van der Waals surface area contributed by atoms with Crippen molar-refractivity contribution >= 4 is 22.9 Å². The van der Waals surface area contributed by atoms with Crippen molar-refractivity contribution in [2.75, 3.05) is 7.05 Å². The Bertz CT molecular complexity index is 536. The lowest BCUT2D eigenvalue weighted by atomic mass is 10.0. The number of aromatic nitrogens is 1. The average molecular weight is 281 g/mol. The highest BCUT2D eigenvalue weighted by Gasteiger charge is 2.16. The predicted molar refractivity (Wildman–Crippen MR) is 78.5 cm³/mol. The van der Waals surface area contributed by atoms with Crippen molar-refractivity contribution < 1.29 is 0 Å². The van der Waals surface area contributed by atoms with Gasteiger partial charge in [-0.05, 0) is 45.0 Å². The summed E-state index contributed by atoms with van der Waals surface area (Å²) in [5.74, 6) is 0. The van der Waals surface area contributed by atoms with Crippen molar-refractivity contribution in [3.05, 3.63) is 50.4 Å². The van der Waals surface area contributed by atoms with Crippen LogP contribution >= 0.6 is 22.9 Å². The van der Waals surface area contributed by atoms with Gasteiger partial charge < -0.3 is 5.32 Å². The van der Waals surface area contributed by atoms with Gasteiger partial charge in [-0.2, -0.15) is 0 Å². The molecular formula is C14H17ClN2S. The van der Waals surface area contributed by atoms with Gasteiger partial charge in [0.25, 0.3) is 0 Å². The molecule has 0 saturated heterocycles. The average Bonchev–Trinajstić information content (AvgIpc) is 2.65. The monoisotopic (exact) mass is 280 g/mol. The van der Waals surface area contributed by atoms with Gasteiger partial charge in [-0.1, -0.05) is 23.7 Å². The van der Waals surface area contributed by atoms with E-state index >= 15 is 0 Å². The Kier molecular flexibility index (Phi) is 4.38. The summed E-state index contributed by atoms with van der Waals surface area (Å²) in [6, 6.07) is 8.33. The molecule has 1 N–H and O–H groups in total. The van der Waals surface area contributed by atoms with Crippen LogP contribution in [-0.4, -0.2) is 12.0 Å². The van der Waals surface area contributed by atoms with E-state index in [-0.39, 0.29) is 0 Å². The van der Waals surface area contributed by atoms with Crippen LogP contribution in [0.25, 0.3) is 0 Å². The highest BCUT2D eigenvalue weighted by atomic mass is 35.5. The van der Waals surface area contributed by atoms with E-state index in [0.29, 0.717) is 6.04 Å². The SMILES string of the molecule is CNC(Cc1cccc(Cl)c1)c1sc(C)nc1C. The molecule has 2 rings (SSSR count). The van der Waals surface area contributed by atoms with Crippen LogP contribution in [0.4, 0.5) is 0 Å². The molecule has 1 heterocycles. The molecule has 96 valence electrons. The maximum absolute atomic E-state index is 6.02. The Morgan fingerprint density at radius 2 is 2.17 bits per heavy atom. The van der Waals surface area contributed by atoms with Crippen molar-refractivity contribution in [3.63, 3.8) is 0 Å². The quantitative estimate of drug-likeness (QED) is 0.918. The molecule has 0 amide bonds. The number of hydrogen-bond acceptors (Lipinski definition) is 3. The second-order valence-corrected chi connectivity index (χ2v) is 6.03. The highest BCUT2D eigenvalue weighted by molar-refractivity contribution is 7.11. The number of rotatable bonds is 4. The van der Waals surface area contributed by atoms with Gasteiger partial charge >= 0.3 is 0 Å². The maximum Gasteiger partial charge on any atom is 0.0900 e. The molecule has 0 saturated carbocycles. The minimum absolute atomic E-state index is 0.301. The summed E-state index contributed by atoms with van der Waals surface area (Å²) in [6.45, 7) is 4.12. The van der Waals surface area contributed by atoms with Crippen LogP contribution < -0.4 is 5.32 Å². The zero-order chi connectivity index (χ0) is 13.1. The molecule has 18 heavy (non-hydrogen) atoms. The first-order chi connectivity index (χ1) is 8.60. The van der Waals surface area contributed by atoms with Crippen molar-refractivity contribution in [2.24, 2.45) is 0 Å². The van der Waals surface area contributed by atoms with E-state index in [9.17, 15) is 0 Å². The van der Waals surface area contributed by atoms with Gasteiger partial charge in [-0.25, -0.2) is 4.98 Å². The van der Waals surface area contributed by atoms with E-state index in [2.05, 4.69) is 23.3 Å². The molecule has 1 aromatic carbocycles. The Labute approximate surface area is 117 Å². The van der Waals surface area contributed by atoms with Crippen LogP contribution in [0.5, 0.6) is 0 Å². The lowest BCUT2D eigenvalue weighted by Gasteiger charge is -2.15. The number of nitrogens with one attached hydrogen (secondary N) is 1. The Balaban J connectivity index is 2.22. The molecular weight excluding hydrogens is 264 g/mol. The molecule has 4 heteroatoms. The summed E-state index contributed by atoms with van der Waals surface area (Å²) in [6.07, 6.45) is 0.930. The fourth-order valence-corrected chi connectivity index (χ4v) is 3.35. The number of thiazole rings is 1. The molecule has 2 nitrogen and oxygen atoms in total. The van der Waals surface area contributed by atoms with Gasteiger partial charge in [0.2, 0.25) is 0 Å². The lowest BCUT2D eigenvalue weighted by molar-refractivity contribution is 0.598. The van der Waals surface area contributed by atoms with E-state index < -0.39 is 0 Å². The summed E-state index contributed by atoms with van der Waals surface area (Å²) < 4.78 is 0. The summed E-state index contributed by atoms with van der Waals surface area (Å²) in [5, 5.41) is 5.28. The van der Waals surface area contributed by atoms with E-state index in [1.165, 1.54) is 10.4 Å². The summed E-state index contributed by atoms with van der Waals surface area (Å²) in [5.41, 5.74) is 2.37. The summed E-state index contributed by atoms with van der Waals surface area (Å²) in [4.78, 5) is 5.81. The van der Waals surface area contributed by atoms with Gasteiger partial charge in [-0.3, -0.25) is 0 Å². The highest BCUT2D eigenvalue weighted by Crippen LogP contribution is 2.27. The summed E-state index contributed by atoms with van der Waals surface area (Å²) in [7, 11) is 1.99. The second-order valence-electron chi connectivity index (χ2n) is 4.36. The van der Waals surface area contributed by atoms with Gasteiger partial charge in [0.1, 0.15) is 0 Å². The number of halogens is 1. The van der Waals surface area contributed by atoms with E-state index in [1.54, 1.807) is 11.3 Å². The van der Waals surface area contributed by atoms with Crippen molar-refractivity contribution in [2.45, 2.75) is 26.3 Å². The molecule has 1 unspecified atom stereocenters. The number of benzene rings is 1. The lowest BCUT2D eigenvalue weighted by Crippen LogP contribution is -2.18. The second kappa shape index (κ2) is 5.83. The van der Waals surface area contributed by atoms with Crippen molar-refractivity contribution in [1.82, 2.24) is 10.3 Å².